The maximum atomic E-state index is 13.9. The van der Waals surface area contributed by atoms with Gasteiger partial charge in [0, 0.05) is 32.6 Å². The Morgan fingerprint density at radius 1 is 0.765 bits per heavy atom. The number of hydrogen-bond donors (Lipinski definition) is 0. The van der Waals surface area contributed by atoms with Crippen molar-refractivity contribution >= 4 is 17.5 Å². The van der Waals surface area contributed by atoms with E-state index in [1.54, 1.807) is 7.11 Å². The summed E-state index contributed by atoms with van der Waals surface area (Å²) in [5.41, 5.74) is 1.83. The molecule has 2 aliphatic rings. The van der Waals surface area contributed by atoms with E-state index in [0.29, 0.717) is 6.67 Å². The lowest BCUT2D eigenvalue weighted by atomic mass is 9.73. The lowest BCUT2D eigenvalue weighted by molar-refractivity contribution is -0.142. The predicted octanol–water partition coefficient (Wildman–Crippen LogP) is 3.52. The van der Waals surface area contributed by atoms with Gasteiger partial charge in [0.2, 0.25) is 11.8 Å². The van der Waals surface area contributed by atoms with E-state index in [4.69, 9.17) is 4.74 Å². The molecule has 3 aromatic rings. The molecule has 0 atom stereocenters. The highest BCUT2D eigenvalue weighted by Gasteiger charge is 2.54. The second kappa shape index (κ2) is 9.31. The molecule has 2 saturated heterocycles. The van der Waals surface area contributed by atoms with Crippen molar-refractivity contribution in [1.82, 2.24) is 9.80 Å². The summed E-state index contributed by atoms with van der Waals surface area (Å²) < 4.78 is 5.52. The van der Waals surface area contributed by atoms with Crippen LogP contribution in [0.4, 0.5) is 5.69 Å². The minimum absolute atomic E-state index is 0.120. The fourth-order valence-corrected chi connectivity index (χ4v) is 5.17. The second-order valence-corrected chi connectivity index (χ2v) is 8.86. The maximum absolute atomic E-state index is 13.9. The average molecular weight is 456 g/mol. The van der Waals surface area contributed by atoms with Crippen LogP contribution in [-0.2, 0) is 15.0 Å². The lowest BCUT2D eigenvalue weighted by Gasteiger charge is -2.38. The molecule has 3 aromatic carbocycles. The number of carbonyl (C=O) groups is 2. The third kappa shape index (κ3) is 3.84. The van der Waals surface area contributed by atoms with Gasteiger partial charge in [-0.2, -0.15) is 0 Å². The van der Waals surface area contributed by atoms with Crippen molar-refractivity contribution in [2.24, 2.45) is 0 Å². The molecule has 0 radical (unpaired) electrons. The number of imide groups is 1. The summed E-state index contributed by atoms with van der Waals surface area (Å²) >= 11 is 0. The van der Waals surface area contributed by atoms with Gasteiger partial charge in [-0.1, -0.05) is 72.8 Å². The number of para-hydroxylation sites is 2. The molecule has 5 rings (SSSR count). The normalized spacial score (nSPS) is 18.4. The number of hydrogen-bond acceptors (Lipinski definition) is 5. The third-order valence-corrected chi connectivity index (χ3v) is 7.00. The number of rotatable bonds is 6. The Balaban J connectivity index is 1.35. The van der Waals surface area contributed by atoms with Crippen molar-refractivity contribution in [3.8, 4) is 5.75 Å². The Morgan fingerprint density at radius 2 is 1.32 bits per heavy atom. The zero-order chi connectivity index (χ0) is 23.5. The lowest BCUT2D eigenvalue weighted by Crippen LogP contribution is -2.52. The Bertz CT molecular complexity index is 1120. The number of piperazine rings is 1. The number of ether oxygens (including phenoxy) is 1. The van der Waals surface area contributed by atoms with E-state index >= 15 is 0 Å². The van der Waals surface area contributed by atoms with Gasteiger partial charge in [-0.25, -0.2) is 0 Å². The molecule has 0 N–H and O–H groups in total. The number of anilines is 1. The highest BCUT2D eigenvalue weighted by atomic mass is 16.5. The summed E-state index contributed by atoms with van der Waals surface area (Å²) in [5, 5.41) is 0. The van der Waals surface area contributed by atoms with Gasteiger partial charge in [-0.05, 0) is 23.3 Å². The summed E-state index contributed by atoms with van der Waals surface area (Å²) in [6.45, 7) is 3.45. The smallest absolute Gasteiger partial charge is 0.245 e. The predicted molar refractivity (Wildman–Crippen MR) is 132 cm³/mol. The fourth-order valence-electron chi connectivity index (χ4n) is 5.17. The first-order valence-corrected chi connectivity index (χ1v) is 11.7. The molecule has 174 valence electrons. The van der Waals surface area contributed by atoms with Crippen LogP contribution >= 0.6 is 0 Å². The highest BCUT2D eigenvalue weighted by molar-refractivity contribution is 6.11. The molecule has 6 nitrogen and oxygen atoms in total. The van der Waals surface area contributed by atoms with Gasteiger partial charge in [0.25, 0.3) is 0 Å². The molecule has 2 fully saturated rings. The molecule has 34 heavy (non-hydrogen) atoms. The van der Waals surface area contributed by atoms with Crippen LogP contribution in [0.2, 0.25) is 0 Å². The zero-order valence-electron chi connectivity index (χ0n) is 19.4. The molecule has 0 saturated carbocycles. The van der Waals surface area contributed by atoms with Gasteiger partial charge in [-0.15, -0.1) is 0 Å². The summed E-state index contributed by atoms with van der Waals surface area (Å²) in [5.74, 6) is 0.600. The maximum Gasteiger partial charge on any atom is 0.245 e. The van der Waals surface area contributed by atoms with Crippen molar-refractivity contribution in [3.63, 3.8) is 0 Å². The van der Waals surface area contributed by atoms with Gasteiger partial charge in [0.1, 0.15) is 11.2 Å². The van der Waals surface area contributed by atoms with Gasteiger partial charge < -0.3 is 9.64 Å². The van der Waals surface area contributed by atoms with Gasteiger partial charge in [0.15, 0.2) is 0 Å². The molecule has 0 bridgehead atoms. The van der Waals surface area contributed by atoms with Gasteiger partial charge in [-0.3, -0.25) is 19.4 Å². The van der Waals surface area contributed by atoms with Crippen LogP contribution in [0.3, 0.4) is 0 Å². The standard InChI is InChI=1S/C28H29N3O3/c1-34-25-15-9-8-14-24(25)30-18-16-29(17-19-30)21-31-26(32)20-28(27(31)33,22-10-4-2-5-11-22)23-12-6-3-7-13-23/h2-15H,16-21H2,1H3. The zero-order valence-corrected chi connectivity index (χ0v) is 19.4. The number of methoxy groups -OCH3 is 1. The van der Waals surface area contributed by atoms with E-state index in [0.717, 1.165) is 48.7 Å². The molecule has 0 unspecified atom stereocenters. The first kappa shape index (κ1) is 22.2. The second-order valence-electron chi connectivity index (χ2n) is 8.86. The van der Waals surface area contributed by atoms with E-state index in [-0.39, 0.29) is 18.2 Å². The summed E-state index contributed by atoms with van der Waals surface area (Å²) in [7, 11) is 1.69. The molecular weight excluding hydrogens is 426 g/mol. The van der Waals surface area contributed by atoms with E-state index in [1.165, 1.54) is 4.90 Å². The van der Waals surface area contributed by atoms with Crippen LogP contribution in [0.15, 0.2) is 84.9 Å². The van der Waals surface area contributed by atoms with Crippen molar-refractivity contribution in [3.05, 3.63) is 96.1 Å². The summed E-state index contributed by atoms with van der Waals surface area (Å²) in [6, 6.07) is 27.4. The largest absolute Gasteiger partial charge is 0.495 e. The summed E-state index contributed by atoms with van der Waals surface area (Å²) in [4.78, 5) is 33.1. The molecule has 0 aromatic heterocycles. The van der Waals surface area contributed by atoms with Crippen LogP contribution in [0.1, 0.15) is 17.5 Å². The minimum Gasteiger partial charge on any atom is -0.495 e. The highest BCUT2D eigenvalue weighted by Crippen LogP contribution is 2.42. The molecule has 2 heterocycles. The molecule has 2 aliphatic heterocycles. The van der Waals surface area contributed by atoms with Crippen molar-refractivity contribution in [1.29, 1.82) is 0 Å². The molecular formula is C28H29N3O3. The summed E-state index contributed by atoms with van der Waals surface area (Å²) in [6.07, 6.45) is 0.154. The Morgan fingerprint density at radius 3 is 1.91 bits per heavy atom. The molecule has 2 amide bonds. The van der Waals surface area contributed by atoms with Crippen LogP contribution in [0.25, 0.3) is 0 Å². The average Bonchev–Trinajstić information content (AvgIpc) is 3.16. The van der Waals surface area contributed by atoms with E-state index in [9.17, 15) is 9.59 Å². The minimum atomic E-state index is -0.973. The first-order valence-electron chi connectivity index (χ1n) is 11.7. The quantitative estimate of drug-likeness (QED) is 0.533. The number of carbonyl (C=O) groups excluding carboxylic acids is 2. The Hall–Kier alpha value is -3.64. The van der Waals surface area contributed by atoms with Crippen LogP contribution in [0, 0.1) is 0 Å². The Labute approximate surface area is 200 Å². The van der Waals surface area contributed by atoms with Crippen molar-refractivity contribution in [2.75, 3.05) is 44.9 Å². The van der Waals surface area contributed by atoms with Crippen molar-refractivity contribution in [2.45, 2.75) is 11.8 Å². The topological polar surface area (TPSA) is 53.1 Å². The van der Waals surface area contributed by atoms with Gasteiger partial charge in [0.05, 0.1) is 19.5 Å². The number of benzene rings is 3. The van der Waals surface area contributed by atoms with E-state index in [2.05, 4.69) is 15.9 Å². The first-order chi connectivity index (χ1) is 16.6. The van der Waals surface area contributed by atoms with Crippen LogP contribution in [0.5, 0.6) is 5.75 Å². The monoisotopic (exact) mass is 455 g/mol. The van der Waals surface area contributed by atoms with Crippen LogP contribution in [-0.4, -0.2) is 61.6 Å². The number of likely N-dealkylation sites (tertiary alicyclic amines) is 1. The number of amides is 2. The van der Waals surface area contributed by atoms with Crippen molar-refractivity contribution < 1.29 is 14.3 Å². The molecule has 0 aliphatic carbocycles. The van der Waals surface area contributed by atoms with Crippen LogP contribution < -0.4 is 9.64 Å². The van der Waals surface area contributed by atoms with E-state index < -0.39 is 5.41 Å². The molecule has 6 heteroatoms. The SMILES string of the molecule is COc1ccccc1N1CCN(CN2C(=O)CC(c3ccccc3)(c3ccccc3)C2=O)CC1. The Kier molecular flexibility index (Phi) is 6.07. The molecule has 0 spiro atoms. The third-order valence-electron chi connectivity index (χ3n) is 7.00. The van der Waals surface area contributed by atoms with Gasteiger partial charge >= 0.3 is 0 Å². The van der Waals surface area contributed by atoms with E-state index in [1.807, 2.05) is 78.9 Å². The number of nitrogens with zero attached hydrogens (tertiary/aromatic N) is 3. The fraction of sp³-hybridized carbons (Fsp3) is 0.286.